The average Bonchev–Trinajstić information content (AvgIpc) is 3.51. The molecule has 0 aromatic heterocycles. The molecule has 158 valence electrons. The smallest absolute Gasteiger partial charge is 0.335 e. The van der Waals surface area contributed by atoms with Crippen molar-refractivity contribution in [3.05, 3.63) is 52.0 Å². The largest absolute Gasteiger partial charge is 0.488 e. The number of carbonyl (C=O) groups is 1. The van der Waals surface area contributed by atoms with Crippen molar-refractivity contribution in [2.24, 2.45) is 5.92 Å². The van der Waals surface area contributed by atoms with E-state index in [2.05, 4.69) is 16.9 Å². The Labute approximate surface area is 189 Å². The van der Waals surface area contributed by atoms with Gasteiger partial charge in [0.2, 0.25) is 0 Å². The van der Waals surface area contributed by atoms with Crippen molar-refractivity contribution in [2.75, 3.05) is 4.72 Å². The van der Waals surface area contributed by atoms with E-state index in [0.717, 1.165) is 36.1 Å². The predicted octanol–water partition coefficient (Wildman–Crippen LogP) is 5.98. The molecular formula is C23H20ClN3O3S. The Morgan fingerprint density at radius 1 is 1.19 bits per heavy atom. The first-order valence-electron chi connectivity index (χ1n) is 10.1. The summed E-state index contributed by atoms with van der Waals surface area (Å²) in [6.07, 6.45) is 4.35. The predicted molar refractivity (Wildman–Crippen MR) is 118 cm³/mol. The Morgan fingerprint density at radius 2 is 2.00 bits per heavy atom. The van der Waals surface area contributed by atoms with Gasteiger partial charge in [-0.15, -0.1) is 0 Å². The quantitative estimate of drug-likeness (QED) is 0.496. The van der Waals surface area contributed by atoms with Crippen LogP contribution in [0.3, 0.4) is 0 Å². The Morgan fingerprint density at radius 3 is 2.65 bits per heavy atom. The highest BCUT2D eigenvalue weighted by Gasteiger charge is 2.28. The minimum atomic E-state index is -0.972. The van der Waals surface area contributed by atoms with Gasteiger partial charge in [0.1, 0.15) is 17.9 Å². The number of anilines is 1. The van der Waals surface area contributed by atoms with Crippen molar-refractivity contribution in [3.8, 4) is 17.9 Å². The number of carboxylic acid groups (broad SMARTS) is 1. The van der Waals surface area contributed by atoms with Gasteiger partial charge in [-0.2, -0.15) is 10.5 Å². The maximum absolute atomic E-state index is 11.4. The van der Waals surface area contributed by atoms with Gasteiger partial charge in [0.15, 0.2) is 0 Å². The fourth-order valence-electron chi connectivity index (χ4n) is 3.76. The lowest BCUT2D eigenvalue weighted by Crippen LogP contribution is -2.13. The Kier molecular flexibility index (Phi) is 6.27. The standard InChI is InChI=1S/C23H20ClN3O3S/c24-19-10-21(30-17-5-1-13(7-17)11-25)20(8-16(19)12-26)27-31-22-9-15(23(28)29)4-6-18(22)14-2-3-14/h4,6,8-10,13-14,17,27H,1-3,5,7H2,(H,28,29). The summed E-state index contributed by atoms with van der Waals surface area (Å²) in [5.41, 5.74) is 2.26. The monoisotopic (exact) mass is 453 g/mol. The van der Waals surface area contributed by atoms with E-state index in [-0.39, 0.29) is 17.6 Å². The number of rotatable bonds is 7. The highest BCUT2D eigenvalue weighted by Crippen LogP contribution is 2.45. The van der Waals surface area contributed by atoms with Crippen LogP contribution in [0.25, 0.3) is 0 Å². The molecule has 2 fully saturated rings. The summed E-state index contributed by atoms with van der Waals surface area (Å²) in [7, 11) is 0. The van der Waals surface area contributed by atoms with Crippen LogP contribution >= 0.6 is 23.5 Å². The number of nitrogens with one attached hydrogen (secondary N) is 1. The van der Waals surface area contributed by atoms with Crippen LogP contribution in [-0.4, -0.2) is 17.2 Å². The summed E-state index contributed by atoms with van der Waals surface area (Å²) in [4.78, 5) is 12.3. The van der Waals surface area contributed by atoms with Crippen molar-refractivity contribution in [1.29, 1.82) is 10.5 Å². The van der Waals surface area contributed by atoms with Gasteiger partial charge in [-0.05, 0) is 67.3 Å². The third kappa shape index (κ3) is 4.90. The number of ether oxygens (including phenoxy) is 1. The molecule has 4 rings (SSSR count). The minimum absolute atomic E-state index is 0.00973. The van der Waals surface area contributed by atoms with E-state index >= 15 is 0 Å². The van der Waals surface area contributed by atoms with Gasteiger partial charge in [0, 0.05) is 23.3 Å². The van der Waals surface area contributed by atoms with E-state index < -0.39 is 5.97 Å². The van der Waals surface area contributed by atoms with Gasteiger partial charge < -0.3 is 14.6 Å². The van der Waals surface area contributed by atoms with Gasteiger partial charge in [0.05, 0.1) is 27.9 Å². The maximum Gasteiger partial charge on any atom is 0.335 e. The van der Waals surface area contributed by atoms with Crippen LogP contribution in [-0.2, 0) is 0 Å². The lowest BCUT2D eigenvalue weighted by Gasteiger charge is -2.19. The van der Waals surface area contributed by atoms with Crippen LogP contribution < -0.4 is 9.46 Å². The van der Waals surface area contributed by atoms with Gasteiger partial charge in [-0.25, -0.2) is 4.79 Å². The molecule has 0 radical (unpaired) electrons. The molecule has 0 bridgehead atoms. The van der Waals surface area contributed by atoms with Crippen molar-refractivity contribution in [1.82, 2.24) is 0 Å². The Hall–Kier alpha value is -2.87. The molecule has 0 amide bonds. The normalized spacial score (nSPS) is 20.0. The van der Waals surface area contributed by atoms with Crippen LogP contribution in [0.5, 0.6) is 5.75 Å². The van der Waals surface area contributed by atoms with E-state index in [1.807, 2.05) is 6.07 Å². The zero-order valence-corrected chi connectivity index (χ0v) is 18.2. The number of aromatic carboxylic acids is 1. The lowest BCUT2D eigenvalue weighted by atomic mass is 10.1. The summed E-state index contributed by atoms with van der Waals surface area (Å²) >= 11 is 7.54. The number of benzene rings is 2. The van der Waals surface area contributed by atoms with Gasteiger partial charge in [-0.1, -0.05) is 17.7 Å². The molecule has 2 aliphatic carbocycles. The lowest BCUT2D eigenvalue weighted by molar-refractivity contribution is 0.0696. The molecule has 2 unspecified atom stereocenters. The molecule has 2 aliphatic rings. The summed E-state index contributed by atoms with van der Waals surface area (Å²) in [6, 6.07) is 12.8. The first-order valence-corrected chi connectivity index (χ1v) is 11.3. The summed E-state index contributed by atoms with van der Waals surface area (Å²) in [5, 5.41) is 28.2. The highest BCUT2D eigenvalue weighted by atomic mass is 35.5. The van der Waals surface area contributed by atoms with Gasteiger partial charge >= 0.3 is 5.97 Å². The van der Waals surface area contributed by atoms with Crippen molar-refractivity contribution in [3.63, 3.8) is 0 Å². The molecule has 8 heteroatoms. The summed E-state index contributed by atoms with van der Waals surface area (Å²) < 4.78 is 9.39. The minimum Gasteiger partial charge on any atom is -0.488 e. The molecule has 2 N–H and O–H groups in total. The Bertz CT molecular complexity index is 1100. The Balaban J connectivity index is 1.59. The zero-order chi connectivity index (χ0) is 22.0. The van der Waals surface area contributed by atoms with Crippen LogP contribution in [0, 0.1) is 28.6 Å². The second kappa shape index (κ2) is 9.09. The second-order valence-electron chi connectivity index (χ2n) is 7.86. The number of hydrogen-bond donors (Lipinski definition) is 2. The molecule has 0 heterocycles. The highest BCUT2D eigenvalue weighted by molar-refractivity contribution is 8.00. The number of nitrogens with zero attached hydrogens (tertiary/aromatic N) is 2. The number of carboxylic acids is 1. The summed E-state index contributed by atoms with van der Waals surface area (Å²) in [6.45, 7) is 0. The van der Waals surface area contributed by atoms with Crippen LogP contribution in [0.2, 0.25) is 5.02 Å². The molecule has 2 aromatic carbocycles. The molecule has 2 atom stereocenters. The van der Waals surface area contributed by atoms with Crippen LogP contribution in [0.15, 0.2) is 35.2 Å². The van der Waals surface area contributed by atoms with Crippen LogP contribution in [0.4, 0.5) is 5.69 Å². The number of halogens is 1. The molecule has 31 heavy (non-hydrogen) atoms. The third-order valence-electron chi connectivity index (χ3n) is 5.60. The van der Waals surface area contributed by atoms with E-state index in [1.54, 1.807) is 24.3 Å². The topological polar surface area (TPSA) is 106 Å². The molecule has 0 saturated heterocycles. The van der Waals surface area contributed by atoms with Crippen molar-refractivity contribution < 1.29 is 14.6 Å². The van der Waals surface area contributed by atoms with E-state index in [1.165, 1.54) is 11.9 Å². The van der Waals surface area contributed by atoms with E-state index in [9.17, 15) is 15.2 Å². The molecule has 2 saturated carbocycles. The average molecular weight is 454 g/mol. The first-order chi connectivity index (χ1) is 15.0. The zero-order valence-electron chi connectivity index (χ0n) is 16.6. The SMILES string of the molecule is N#Cc1cc(NSc2cc(C(=O)O)ccc2C2CC2)c(OC2CCC(C#N)C2)cc1Cl. The van der Waals surface area contributed by atoms with Crippen molar-refractivity contribution >= 4 is 35.2 Å². The van der Waals surface area contributed by atoms with Gasteiger partial charge in [0.25, 0.3) is 0 Å². The molecular weight excluding hydrogens is 434 g/mol. The second-order valence-corrected chi connectivity index (χ2v) is 9.11. The fourth-order valence-corrected chi connectivity index (χ4v) is 4.87. The maximum atomic E-state index is 11.4. The fraction of sp³-hybridized carbons (Fsp3) is 0.348. The molecule has 2 aromatic rings. The molecule has 0 aliphatic heterocycles. The third-order valence-corrected chi connectivity index (χ3v) is 6.81. The summed E-state index contributed by atoms with van der Waals surface area (Å²) in [5.74, 6) is -0.0177. The van der Waals surface area contributed by atoms with Crippen molar-refractivity contribution in [2.45, 2.75) is 49.0 Å². The number of hydrogen-bond acceptors (Lipinski definition) is 6. The first kappa shape index (κ1) is 21.4. The van der Waals surface area contributed by atoms with E-state index in [4.69, 9.17) is 21.6 Å². The molecule has 0 spiro atoms. The molecule has 6 nitrogen and oxygen atoms in total. The van der Waals surface area contributed by atoms with Gasteiger partial charge in [-0.3, -0.25) is 0 Å². The van der Waals surface area contributed by atoms with E-state index in [0.29, 0.717) is 34.4 Å². The van der Waals surface area contributed by atoms with Crippen LogP contribution in [0.1, 0.15) is 59.5 Å². The number of nitriles is 2.